The summed E-state index contributed by atoms with van der Waals surface area (Å²) >= 11 is 0. The molecule has 0 aromatic carbocycles. The van der Waals surface area contributed by atoms with Gasteiger partial charge in [0.25, 0.3) is 6.01 Å². The van der Waals surface area contributed by atoms with Gasteiger partial charge in [0, 0.05) is 18.5 Å². The molecule has 2 aliphatic rings. The fourth-order valence-electron chi connectivity index (χ4n) is 2.40. The lowest BCUT2D eigenvalue weighted by Crippen LogP contribution is -2.35. The van der Waals surface area contributed by atoms with E-state index in [1.807, 2.05) is 20.8 Å². The number of oxazole rings is 1. The van der Waals surface area contributed by atoms with E-state index in [1.165, 1.54) is 6.20 Å². The van der Waals surface area contributed by atoms with Gasteiger partial charge in [-0.3, -0.25) is 0 Å². The van der Waals surface area contributed by atoms with Crippen molar-refractivity contribution < 1.29 is 13.9 Å². The highest BCUT2D eigenvalue weighted by molar-refractivity contribution is 5.86. The van der Waals surface area contributed by atoms with Gasteiger partial charge in [0.1, 0.15) is 5.60 Å². The highest BCUT2D eigenvalue weighted by Crippen LogP contribution is 2.45. The van der Waals surface area contributed by atoms with Crippen LogP contribution in [0.3, 0.4) is 0 Å². The minimum absolute atomic E-state index is 0.166. The van der Waals surface area contributed by atoms with Gasteiger partial charge < -0.3 is 14.1 Å². The summed E-state index contributed by atoms with van der Waals surface area (Å²) in [5.74, 6) is -0.298. The van der Waals surface area contributed by atoms with Crippen molar-refractivity contribution in [1.29, 1.82) is 0 Å². The second-order valence-electron chi connectivity index (χ2n) is 6.56. The number of hydrogen-bond donors (Lipinski definition) is 0. The number of allylic oxidation sites excluding steroid dienone is 2. The first-order valence-corrected chi connectivity index (χ1v) is 7.01. The molecule has 5 nitrogen and oxygen atoms in total. The van der Waals surface area contributed by atoms with Crippen molar-refractivity contribution >= 4 is 12.0 Å². The molecule has 5 heteroatoms. The molecule has 0 saturated carbocycles. The predicted molar refractivity (Wildman–Crippen MR) is 74.7 cm³/mol. The molecular weight excluding hydrogens is 256 g/mol. The van der Waals surface area contributed by atoms with Crippen molar-refractivity contribution in [3.8, 4) is 0 Å². The summed E-state index contributed by atoms with van der Waals surface area (Å²) in [4.78, 5) is 18.2. The lowest BCUT2D eigenvalue weighted by molar-refractivity contribution is 0.00365. The molecule has 3 rings (SSSR count). The van der Waals surface area contributed by atoms with Crippen molar-refractivity contribution in [2.75, 3.05) is 18.0 Å². The summed E-state index contributed by atoms with van der Waals surface area (Å²) < 4.78 is 10.8. The highest BCUT2D eigenvalue weighted by atomic mass is 16.6. The summed E-state index contributed by atoms with van der Waals surface area (Å²) in [6.07, 6.45) is 8.18. The summed E-state index contributed by atoms with van der Waals surface area (Å²) in [6.45, 7) is 7.29. The number of hydrogen-bond acceptors (Lipinski definition) is 5. The first kappa shape index (κ1) is 13.2. The smallest absolute Gasteiger partial charge is 0.376 e. The largest absolute Gasteiger partial charge is 0.454 e. The standard InChI is InChI=1S/C15H20N2O3/c1-14(2,3)20-12(18)11-10-16-13(19-11)17-8-6-15(4-5-15)7-9-17/h4-5,10H,6-9H2,1-3H3. The van der Waals surface area contributed by atoms with E-state index in [0.717, 1.165) is 25.9 Å². The average molecular weight is 276 g/mol. The number of esters is 1. The van der Waals surface area contributed by atoms with E-state index < -0.39 is 11.6 Å². The maximum absolute atomic E-state index is 11.9. The van der Waals surface area contributed by atoms with E-state index in [9.17, 15) is 4.79 Å². The number of aromatic nitrogens is 1. The van der Waals surface area contributed by atoms with Crippen LogP contribution in [0.15, 0.2) is 22.8 Å². The van der Waals surface area contributed by atoms with Crippen molar-refractivity contribution in [2.45, 2.75) is 39.2 Å². The second-order valence-corrected chi connectivity index (χ2v) is 6.56. The zero-order valence-corrected chi connectivity index (χ0v) is 12.2. The fraction of sp³-hybridized carbons (Fsp3) is 0.600. The first-order valence-electron chi connectivity index (χ1n) is 7.01. The number of anilines is 1. The summed E-state index contributed by atoms with van der Waals surface area (Å²) in [6, 6.07) is 0.515. The van der Waals surface area contributed by atoms with Crippen LogP contribution in [0.25, 0.3) is 0 Å². The Balaban J connectivity index is 1.63. The third kappa shape index (κ3) is 2.71. The molecule has 1 fully saturated rings. The molecule has 1 saturated heterocycles. The SMILES string of the molecule is CC(C)(C)OC(=O)c1cnc(N2CCC3(C=C3)CC2)o1. The number of ether oxygens (including phenoxy) is 1. The first-order chi connectivity index (χ1) is 9.37. The van der Waals surface area contributed by atoms with Crippen molar-refractivity contribution in [3.63, 3.8) is 0 Å². The molecule has 0 bridgehead atoms. The van der Waals surface area contributed by atoms with Gasteiger partial charge in [-0.2, -0.15) is 0 Å². The third-order valence-electron chi connectivity index (χ3n) is 3.70. The van der Waals surface area contributed by atoms with E-state index in [4.69, 9.17) is 9.15 Å². The Bertz CT molecular complexity index is 538. The van der Waals surface area contributed by atoms with E-state index in [-0.39, 0.29) is 5.76 Å². The van der Waals surface area contributed by atoms with E-state index in [2.05, 4.69) is 22.0 Å². The van der Waals surface area contributed by atoms with Crippen molar-refractivity contribution in [3.05, 3.63) is 24.1 Å². The minimum Gasteiger partial charge on any atom is -0.454 e. The number of rotatable bonds is 2. The number of carbonyl (C=O) groups is 1. The number of carbonyl (C=O) groups excluding carboxylic acids is 1. The van der Waals surface area contributed by atoms with Crippen LogP contribution < -0.4 is 4.90 Å². The molecule has 0 atom stereocenters. The van der Waals surface area contributed by atoms with Crippen molar-refractivity contribution in [2.24, 2.45) is 5.41 Å². The average Bonchev–Trinajstić information content (AvgIpc) is 2.92. The Kier molecular flexibility index (Phi) is 2.88. The molecule has 2 heterocycles. The van der Waals surface area contributed by atoms with Gasteiger partial charge in [0.2, 0.25) is 5.76 Å². The van der Waals surface area contributed by atoms with Crippen LogP contribution in [-0.2, 0) is 4.74 Å². The Morgan fingerprint density at radius 1 is 1.35 bits per heavy atom. The lowest BCUT2D eigenvalue weighted by atomic mass is 9.91. The summed E-state index contributed by atoms with van der Waals surface area (Å²) in [7, 11) is 0. The zero-order chi connectivity index (χ0) is 14.4. The highest BCUT2D eigenvalue weighted by Gasteiger charge is 2.38. The van der Waals surface area contributed by atoms with Crippen LogP contribution in [0.1, 0.15) is 44.2 Å². The lowest BCUT2D eigenvalue weighted by Gasteiger charge is -2.31. The minimum atomic E-state index is -0.529. The van der Waals surface area contributed by atoms with E-state index in [0.29, 0.717) is 11.4 Å². The molecule has 1 spiro atoms. The molecule has 1 aromatic heterocycles. The van der Waals surface area contributed by atoms with Crippen LogP contribution in [0.4, 0.5) is 6.01 Å². The quantitative estimate of drug-likeness (QED) is 0.614. The Morgan fingerprint density at radius 3 is 2.55 bits per heavy atom. The van der Waals surface area contributed by atoms with Gasteiger partial charge >= 0.3 is 5.97 Å². The Labute approximate surface area is 118 Å². The summed E-state index contributed by atoms with van der Waals surface area (Å²) in [5.41, 5.74) is -0.156. The number of piperidine rings is 1. The maximum atomic E-state index is 11.9. The Morgan fingerprint density at radius 2 is 2.00 bits per heavy atom. The van der Waals surface area contributed by atoms with Gasteiger partial charge in [0.15, 0.2) is 0 Å². The second kappa shape index (κ2) is 4.36. The van der Waals surface area contributed by atoms with Gasteiger partial charge in [-0.1, -0.05) is 12.2 Å². The zero-order valence-electron chi connectivity index (χ0n) is 12.2. The molecule has 108 valence electrons. The van der Waals surface area contributed by atoms with Crippen LogP contribution in [0, 0.1) is 5.41 Å². The molecule has 1 aliphatic heterocycles. The van der Waals surface area contributed by atoms with Gasteiger partial charge in [-0.25, -0.2) is 9.78 Å². The van der Waals surface area contributed by atoms with Crippen LogP contribution in [0.5, 0.6) is 0 Å². The van der Waals surface area contributed by atoms with E-state index in [1.54, 1.807) is 0 Å². The molecule has 0 unspecified atom stereocenters. The van der Waals surface area contributed by atoms with Crippen molar-refractivity contribution in [1.82, 2.24) is 4.98 Å². The number of nitrogens with zero attached hydrogens (tertiary/aromatic N) is 2. The maximum Gasteiger partial charge on any atom is 0.376 e. The molecule has 1 aliphatic carbocycles. The van der Waals surface area contributed by atoms with Crippen LogP contribution in [0.2, 0.25) is 0 Å². The normalized spacial score (nSPS) is 20.2. The van der Waals surface area contributed by atoms with E-state index >= 15 is 0 Å². The molecular formula is C15H20N2O3. The van der Waals surface area contributed by atoms with Gasteiger partial charge in [-0.05, 0) is 33.6 Å². The Hall–Kier alpha value is -1.78. The monoisotopic (exact) mass is 276 g/mol. The molecule has 0 radical (unpaired) electrons. The molecule has 0 N–H and O–H groups in total. The molecule has 20 heavy (non-hydrogen) atoms. The topological polar surface area (TPSA) is 55.6 Å². The fourth-order valence-corrected chi connectivity index (χ4v) is 2.40. The molecule has 1 aromatic rings. The van der Waals surface area contributed by atoms with Gasteiger partial charge in [0.05, 0.1) is 6.20 Å². The van der Waals surface area contributed by atoms with Crippen LogP contribution >= 0.6 is 0 Å². The summed E-state index contributed by atoms with van der Waals surface area (Å²) in [5, 5.41) is 0. The predicted octanol–water partition coefficient (Wildman–Crippen LogP) is 2.79. The molecule has 0 amide bonds. The van der Waals surface area contributed by atoms with Gasteiger partial charge in [-0.15, -0.1) is 0 Å². The third-order valence-corrected chi connectivity index (χ3v) is 3.70. The van der Waals surface area contributed by atoms with Crippen LogP contribution in [-0.4, -0.2) is 29.6 Å².